The van der Waals surface area contributed by atoms with Crippen molar-refractivity contribution >= 4 is 34.5 Å². The molecule has 0 saturated carbocycles. The monoisotopic (exact) mass is 352 g/mol. The Kier molecular flexibility index (Phi) is 4.22. The molecule has 3 rings (SSSR count). The molecule has 9 heteroatoms. The first-order valence-electron chi connectivity index (χ1n) is 7.37. The minimum Gasteiger partial charge on any atom is -0.443 e. The highest BCUT2D eigenvalue weighted by atomic mass is 32.2. The molecule has 2 heterocycles. The van der Waals surface area contributed by atoms with Gasteiger partial charge in [-0.2, -0.15) is 5.10 Å². The zero-order valence-electron chi connectivity index (χ0n) is 13.2. The SMILES string of the molecule is CC1(C)SC(c2ccc(N3CC(CN)OC3=O)cc2F)=NNC1=O. The van der Waals surface area contributed by atoms with Gasteiger partial charge in [0, 0.05) is 12.1 Å². The highest BCUT2D eigenvalue weighted by Gasteiger charge is 2.36. The summed E-state index contributed by atoms with van der Waals surface area (Å²) < 4.78 is 18.9. The van der Waals surface area contributed by atoms with Gasteiger partial charge in [-0.1, -0.05) is 11.8 Å². The van der Waals surface area contributed by atoms with E-state index in [-0.39, 0.29) is 24.6 Å². The number of hydrazone groups is 1. The van der Waals surface area contributed by atoms with Crippen molar-refractivity contribution in [3.8, 4) is 0 Å². The van der Waals surface area contributed by atoms with Gasteiger partial charge in [-0.25, -0.2) is 14.6 Å². The maximum Gasteiger partial charge on any atom is 0.414 e. The van der Waals surface area contributed by atoms with E-state index in [9.17, 15) is 14.0 Å². The lowest BCUT2D eigenvalue weighted by molar-refractivity contribution is -0.122. The second-order valence-electron chi connectivity index (χ2n) is 5.99. The number of benzene rings is 1. The van der Waals surface area contributed by atoms with Crippen LogP contribution in [0.2, 0.25) is 0 Å². The minimum absolute atomic E-state index is 0.213. The van der Waals surface area contributed by atoms with Crippen LogP contribution in [-0.4, -0.2) is 41.0 Å². The van der Waals surface area contributed by atoms with Crippen molar-refractivity contribution in [2.45, 2.75) is 24.7 Å². The van der Waals surface area contributed by atoms with E-state index >= 15 is 0 Å². The number of nitrogens with zero attached hydrogens (tertiary/aromatic N) is 2. The lowest BCUT2D eigenvalue weighted by Crippen LogP contribution is -2.42. The number of rotatable bonds is 3. The van der Waals surface area contributed by atoms with Gasteiger partial charge in [0.05, 0.1) is 17.0 Å². The highest BCUT2D eigenvalue weighted by molar-refractivity contribution is 8.16. The predicted octanol–water partition coefficient (Wildman–Crippen LogP) is 1.41. The third kappa shape index (κ3) is 2.96. The Morgan fingerprint density at radius 1 is 1.50 bits per heavy atom. The standard InChI is InChI=1S/C15H17FN4O3S/c1-15(2)13(21)19-18-12(24-15)10-4-3-8(5-11(10)16)20-7-9(6-17)23-14(20)22/h3-5,9H,6-7,17H2,1-2H3,(H,19,21). The van der Waals surface area contributed by atoms with Gasteiger partial charge in [0.15, 0.2) is 0 Å². The Morgan fingerprint density at radius 3 is 2.83 bits per heavy atom. The Labute approximate surface area is 142 Å². The Balaban J connectivity index is 1.86. The lowest BCUT2D eigenvalue weighted by atomic mass is 10.2. The van der Waals surface area contributed by atoms with Crippen molar-refractivity contribution in [3.05, 3.63) is 29.6 Å². The van der Waals surface area contributed by atoms with Crippen LogP contribution in [0, 0.1) is 5.82 Å². The number of carbonyl (C=O) groups is 2. The minimum atomic E-state index is -0.741. The van der Waals surface area contributed by atoms with Crippen LogP contribution in [0.3, 0.4) is 0 Å². The van der Waals surface area contributed by atoms with E-state index in [0.717, 1.165) is 0 Å². The molecule has 1 aromatic rings. The van der Waals surface area contributed by atoms with E-state index < -0.39 is 22.8 Å². The Bertz CT molecular complexity index is 737. The van der Waals surface area contributed by atoms with Crippen molar-refractivity contribution in [1.29, 1.82) is 0 Å². The van der Waals surface area contributed by atoms with Gasteiger partial charge in [0.1, 0.15) is 17.0 Å². The topological polar surface area (TPSA) is 97.0 Å². The zero-order chi connectivity index (χ0) is 17.5. The quantitative estimate of drug-likeness (QED) is 0.857. The van der Waals surface area contributed by atoms with Gasteiger partial charge in [-0.05, 0) is 32.0 Å². The van der Waals surface area contributed by atoms with Gasteiger partial charge < -0.3 is 10.5 Å². The van der Waals surface area contributed by atoms with Crippen LogP contribution in [0.4, 0.5) is 14.9 Å². The molecule has 3 N–H and O–H groups in total. The number of anilines is 1. The maximum atomic E-state index is 14.5. The third-order valence-electron chi connectivity index (χ3n) is 3.79. The van der Waals surface area contributed by atoms with E-state index in [1.54, 1.807) is 19.9 Å². The summed E-state index contributed by atoms with van der Waals surface area (Å²) in [6.07, 6.45) is -0.940. The number of nitrogens with one attached hydrogen (secondary N) is 1. The van der Waals surface area contributed by atoms with Gasteiger partial charge >= 0.3 is 6.09 Å². The molecule has 0 aromatic heterocycles. The maximum absolute atomic E-state index is 14.5. The molecular weight excluding hydrogens is 335 g/mol. The molecule has 128 valence electrons. The summed E-state index contributed by atoms with van der Waals surface area (Å²) in [6.45, 7) is 3.97. The zero-order valence-corrected chi connectivity index (χ0v) is 14.0. The summed E-state index contributed by atoms with van der Waals surface area (Å²) in [5, 5.41) is 4.30. The van der Waals surface area contributed by atoms with Crippen molar-refractivity contribution in [2.24, 2.45) is 10.8 Å². The van der Waals surface area contributed by atoms with Crippen LogP contribution < -0.4 is 16.1 Å². The molecule has 7 nitrogen and oxygen atoms in total. The van der Waals surface area contributed by atoms with E-state index in [1.807, 2.05) is 0 Å². The van der Waals surface area contributed by atoms with Crippen LogP contribution in [-0.2, 0) is 9.53 Å². The molecule has 0 radical (unpaired) electrons. The number of halogens is 1. The first-order chi connectivity index (χ1) is 11.3. The van der Waals surface area contributed by atoms with E-state index in [0.29, 0.717) is 10.7 Å². The molecule has 0 bridgehead atoms. The van der Waals surface area contributed by atoms with Gasteiger partial charge in [0.25, 0.3) is 5.91 Å². The number of ether oxygens (including phenoxy) is 1. The molecule has 1 unspecified atom stereocenters. The summed E-state index contributed by atoms with van der Waals surface area (Å²) in [5.41, 5.74) is 8.55. The van der Waals surface area contributed by atoms with Gasteiger partial charge in [-0.3, -0.25) is 9.69 Å². The summed E-state index contributed by atoms with van der Waals surface area (Å²) in [6, 6.07) is 4.40. The fourth-order valence-corrected chi connectivity index (χ4v) is 3.35. The first-order valence-corrected chi connectivity index (χ1v) is 8.19. The first kappa shape index (κ1) is 16.7. The summed E-state index contributed by atoms with van der Waals surface area (Å²) >= 11 is 1.18. The van der Waals surface area contributed by atoms with Gasteiger partial charge in [-0.15, -0.1) is 0 Å². The molecule has 2 amide bonds. The fraction of sp³-hybridized carbons (Fsp3) is 0.400. The van der Waals surface area contributed by atoms with Crippen LogP contribution in [0.25, 0.3) is 0 Å². The van der Waals surface area contributed by atoms with Crippen LogP contribution >= 0.6 is 11.8 Å². The van der Waals surface area contributed by atoms with Crippen LogP contribution in [0.1, 0.15) is 19.4 Å². The highest BCUT2D eigenvalue weighted by Crippen LogP contribution is 2.33. The molecule has 2 aliphatic rings. The number of cyclic esters (lactones) is 1. The summed E-state index contributed by atoms with van der Waals surface area (Å²) in [7, 11) is 0. The van der Waals surface area contributed by atoms with Crippen molar-refractivity contribution < 1.29 is 18.7 Å². The van der Waals surface area contributed by atoms with Crippen LogP contribution in [0.15, 0.2) is 23.3 Å². The van der Waals surface area contributed by atoms with E-state index in [2.05, 4.69) is 10.5 Å². The largest absolute Gasteiger partial charge is 0.443 e. The summed E-state index contributed by atoms with van der Waals surface area (Å²) in [4.78, 5) is 24.9. The molecule has 1 saturated heterocycles. The molecule has 2 aliphatic heterocycles. The number of hydrogen-bond acceptors (Lipinski definition) is 6. The van der Waals surface area contributed by atoms with E-state index in [1.165, 1.54) is 28.8 Å². The number of thioether (sulfide) groups is 1. The molecule has 0 spiro atoms. The summed E-state index contributed by atoms with van der Waals surface area (Å²) in [5.74, 6) is -0.768. The average molecular weight is 352 g/mol. The van der Waals surface area contributed by atoms with Crippen molar-refractivity contribution in [3.63, 3.8) is 0 Å². The normalized spacial score (nSPS) is 22.9. The van der Waals surface area contributed by atoms with Crippen molar-refractivity contribution in [1.82, 2.24) is 5.43 Å². The number of carbonyl (C=O) groups excluding carboxylic acids is 2. The fourth-order valence-electron chi connectivity index (χ4n) is 2.36. The molecule has 24 heavy (non-hydrogen) atoms. The molecule has 0 aliphatic carbocycles. The smallest absolute Gasteiger partial charge is 0.414 e. The number of amides is 2. The number of nitrogens with two attached hydrogens (primary N) is 1. The van der Waals surface area contributed by atoms with E-state index in [4.69, 9.17) is 10.5 Å². The second kappa shape index (κ2) is 6.06. The van der Waals surface area contributed by atoms with Crippen molar-refractivity contribution in [2.75, 3.05) is 18.0 Å². The van der Waals surface area contributed by atoms with Crippen LogP contribution in [0.5, 0.6) is 0 Å². The lowest BCUT2D eigenvalue weighted by Gasteiger charge is -2.27. The molecule has 1 atom stereocenters. The second-order valence-corrected chi connectivity index (χ2v) is 7.60. The molecular formula is C15H17FN4O3S. The van der Waals surface area contributed by atoms with Gasteiger partial charge in [0.2, 0.25) is 0 Å². The predicted molar refractivity (Wildman–Crippen MR) is 89.4 cm³/mol. The molecule has 1 aromatic carbocycles. The Hall–Kier alpha value is -2.13. The Morgan fingerprint density at radius 2 is 2.25 bits per heavy atom. The third-order valence-corrected chi connectivity index (χ3v) is 4.99. The average Bonchev–Trinajstić information content (AvgIpc) is 2.91. The molecule has 1 fully saturated rings. The number of hydrogen-bond donors (Lipinski definition) is 2.